The van der Waals surface area contributed by atoms with Crippen molar-refractivity contribution < 1.29 is 4.79 Å². The Hall–Kier alpha value is -1.12. The number of Topliss-reactive ketones (excluding diaryl/α,β-unsaturated/α-hetero) is 1. The van der Waals surface area contributed by atoms with Crippen LogP contribution in [0, 0.1) is 5.92 Å². The Bertz CT molecular complexity index is 362. The van der Waals surface area contributed by atoms with Gasteiger partial charge in [-0.1, -0.05) is 38.5 Å². The average molecular weight is 234 g/mol. The molecule has 1 fully saturated rings. The molecule has 1 aliphatic rings. The Morgan fingerprint density at radius 1 is 1.35 bits per heavy atom. The number of carbonyl (C=O) groups excluding carboxylic acids is 1. The zero-order valence-corrected chi connectivity index (χ0v) is 10.7. The van der Waals surface area contributed by atoms with E-state index in [9.17, 15) is 4.79 Å². The van der Waals surface area contributed by atoms with E-state index in [1.54, 1.807) is 6.20 Å². The van der Waals surface area contributed by atoms with Crippen molar-refractivity contribution in [2.24, 2.45) is 13.0 Å². The Labute approximate surface area is 103 Å². The van der Waals surface area contributed by atoms with E-state index in [0.29, 0.717) is 18.1 Å². The van der Waals surface area contributed by atoms with Crippen LogP contribution in [0.1, 0.15) is 50.8 Å². The van der Waals surface area contributed by atoms with Crippen LogP contribution in [0.3, 0.4) is 0 Å². The molecule has 17 heavy (non-hydrogen) atoms. The molecule has 0 unspecified atom stereocenters. The molecule has 94 valence electrons. The fourth-order valence-corrected chi connectivity index (χ4v) is 2.71. The second-order valence-electron chi connectivity index (χ2n) is 5.23. The minimum absolute atomic E-state index is 0.353. The summed E-state index contributed by atoms with van der Waals surface area (Å²) in [6.07, 6.45) is 12.7. The van der Waals surface area contributed by atoms with Gasteiger partial charge in [0.05, 0.1) is 6.42 Å². The van der Waals surface area contributed by atoms with Crippen LogP contribution in [0.15, 0.2) is 12.4 Å². The second kappa shape index (κ2) is 5.99. The minimum Gasteiger partial charge on any atom is -0.338 e. The molecule has 1 aromatic rings. The third kappa shape index (κ3) is 3.69. The van der Waals surface area contributed by atoms with Gasteiger partial charge in [-0.15, -0.1) is 0 Å². The summed E-state index contributed by atoms with van der Waals surface area (Å²) in [4.78, 5) is 16.2. The number of imidazole rings is 1. The number of hydrogen-bond acceptors (Lipinski definition) is 2. The van der Waals surface area contributed by atoms with E-state index in [2.05, 4.69) is 4.98 Å². The van der Waals surface area contributed by atoms with Gasteiger partial charge in [-0.2, -0.15) is 0 Å². The van der Waals surface area contributed by atoms with Gasteiger partial charge in [0.25, 0.3) is 0 Å². The number of aryl methyl sites for hydroxylation is 1. The van der Waals surface area contributed by atoms with Gasteiger partial charge in [0.15, 0.2) is 0 Å². The van der Waals surface area contributed by atoms with Gasteiger partial charge in [0.2, 0.25) is 0 Å². The lowest BCUT2D eigenvalue weighted by Gasteiger charge is -2.12. The third-order valence-electron chi connectivity index (χ3n) is 3.77. The van der Waals surface area contributed by atoms with Gasteiger partial charge < -0.3 is 4.57 Å². The lowest BCUT2D eigenvalue weighted by Crippen LogP contribution is -2.12. The molecule has 0 atom stereocenters. The molecule has 0 aromatic carbocycles. The topological polar surface area (TPSA) is 34.9 Å². The average Bonchev–Trinajstić information content (AvgIpc) is 2.55. The number of ketones is 1. The molecule has 0 spiro atoms. The summed E-state index contributed by atoms with van der Waals surface area (Å²) in [5.74, 6) is 1.88. The van der Waals surface area contributed by atoms with Crippen molar-refractivity contribution in [3.05, 3.63) is 18.2 Å². The van der Waals surface area contributed by atoms with Gasteiger partial charge in [-0.3, -0.25) is 4.79 Å². The summed E-state index contributed by atoms with van der Waals surface area (Å²) in [7, 11) is 1.95. The molecule has 0 aliphatic heterocycles. The smallest absolute Gasteiger partial charge is 0.140 e. The maximum absolute atomic E-state index is 12.0. The van der Waals surface area contributed by atoms with E-state index in [4.69, 9.17) is 0 Å². The predicted molar refractivity (Wildman–Crippen MR) is 67.7 cm³/mol. The Balaban J connectivity index is 1.82. The second-order valence-corrected chi connectivity index (χ2v) is 5.23. The van der Waals surface area contributed by atoms with Crippen molar-refractivity contribution in [2.45, 2.75) is 51.4 Å². The van der Waals surface area contributed by atoms with E-state index in [1.165, 1.54) is 38.5 Å². The van der Waals surface area contributed by atoms with E-state index in [1.807, 2.05) is 17.8 Å². The highest BCUT2D eigenvalue weighted by Gasteiger charge is 2.17. The molecule has 1 heterocycles. The predicted octanol–water partition coefficient (Wildman–Crippen LogP) is 2.89. The Kier molecular flexibility index (Phi) is 4.35. The van der Waals surface area contributed by atoms with Gasteiger partial charge in [-0.25, -0.2) is 4.98 Å². The van der Waals surface area contributed by atoms with Crippen LogP contribution in [-0.4, -0.2) is 15.3 Å². The van der Waals surface area contributed by atoms with Crippen molar-refractivity contribution in [3.63, 3.8) is 0 Å². The lowest BCUT2D eigenvalue weighted by atomic mass is 9.93. The molecule has 3 nitrogen and oxygen atoms in total. The first-order valence-electron chi connectivity index (χ1n) is 6.73. The van der Waals surface area contributed by atoms with Crippen LogP contribution < -0.4 is 0 Å². The van der Waals surface area contributed by atoms with Crippen molar-refractivity contribution in [3.8, 4) is 0 Å². The Morgan fingerprint density at radius 3 is 2.65 bits per heavy atom. The van der Waals surface area contributed by atoms with Gasteiger partial charge in [0.1, 0.15) is 11.6 Å². The zero-order valence-electron chi connectivity index (χ0n) is 10.7. The van der Waals surface area contributed by atoms with E-state index >= 15 is 0 Å². The normalized spacial score (nSPS) is 17.9. The van der Waals surface area contributed by atoms with Gasteiger partial charge in [-0.05, 0) is 5.92 Å². The van der Waals surface area contributed by atoms with E-state index < -0.39 is 0 Å². The van der Waals surface area contributed by atoms with Gasteiger partial charge in [0, 0.05) is 25.9 Å². The van der Waals surface area contributed by atoms with Crippen LogP contribution in [0.4, 0.5) is 0 Å². The fraction of sp³-hybridized carbons (Fsp3) is 0.714. The summed E-state index contributed by atoms with van der Waals surface area (Å²) in [5, 5.41) is 0. The number of aromatic nitrogens is 2. The highest BCUT2D eigenvalue weighted by Crippen LogP contribution is 2.25. The highest BCUT2D eigenvalue weighted by atomic mass is 16.1. The SMILES string of the molecule is Cn1ccnc1CC(=O)CC1CCCCCC1. The molecular formula is C14H22N2O. The summed E-state index contributed by atoms with van der Waals surface area (Å²) in [5.41, 5.74) is 0. The van der Waals surface area contributed by atoms with Crippen LogP contribution >= 0.6 is 0 Å². The number of rotatable bonds is 4. The highest BCUT2D eigenvalue weighted by molar-refractivity contribution is 5.80. The number of nitrogens with zero attached hydrogens (tertiary/aromatic N) is 2. The molecule has 3 heteroatoms. The fourth-order valence-electron chi connectivity index (χ4n) is 2.71. The molecule has 0 radical (unpaired) electrons. The summed E-state index contributed by atoms with van der Waals surface area (Å²) in [6.45, 7) is 0. The van der Waals surface area contributed by atoms with Gasteiger partial charge >= 0.3 is 0 Å². The van der Waals surface area contributed by atoms with E-state index in [-0.39, 0.29) is 0 Å². The van der Waals surface area contributed by atoms with Crippen molar-refractivity contribution >= 4 is 5.78 Å². The zero-order chi connectivity index (χ0) is 12.1. The first-order valence-corrected chi connectivity index (χ1v) is 6.73. The number of hydrogen-bond donors (Lipinski definition) is 0. The first-order chi connectivity index (χ1) is 8.25. The molecule has 2 rings (SSSR count). The minimum atomic E-state index is 0.353. The molecule has 0 bridgehead atoms. The van der Waals surface area contributed by atoms with Crippen LogP contribution in [0.2, 0.25) is 0 Å². The number of carbonyl (C=O) groups is 1. The third-order valence-corrected chi connectivity index (χ3v) is 3.77. The van der Waals surface area contributed by atoms with Crippen molar-refractivity contribution in [1.29, 1.82) is 0 Å². The Morgan fingerprint density at radius 2 is 2.06 bits per heavy atom. The summed E-state index contributed by atoms with van der Waals surface area (Å²) < 4.78 is 1.94. The molecule has 1 aliphatic carbocycles. The standard InChI is InChI=1S/C14H22N2O/c1-16-9-8-15-14(16)11-13(17)10-12-6-4-2-3-5-7-12/h8-9,12H,2-7,10-11H2,1H3. The van der Waals surface area contributed by atoms with E-state index in [0.717, 1.165) is 12.2 Å². The molecule has 0 saturated heterocycles. The summed E-state index contributed by atoms with van der Waals surface area (Å²) >= 11 is 0. The molecule has 0 N–H and O–H groups in total. The van der Waals surface area contributed by atoms with Crippen molar-refractivity contribution in [2.75, 3.05) is 0 Å². The molecular weight excluding hydrogens is 212 g/mol. The first kappa shape index (κ1) is 12.3. The summed E-state index contributed by atoms with van der Waals surface area (Å²) in [6, 6.07) is 0. The van der Waals surface area contributed by atoms with Crippen LogP contribution in [0.25, 0.3) is 0 Å². The molecule has 1 saturated carbocycles. The molecule has 0 amide bonds. The lowest BCUT2D eigenvalue weighted by molar-refractivity contribution is -0.119. The maximum atomic E-state index is 12.0. The quantitative estimate of drug-likeness (QED) is 0.751. The van der Waals surface area contributed by atoms with Crippen molar-refractivity contribution in [1.82, 2.24) is 9.55 Å². The van der Waals surface area contributed by atoms with Crippen LogP contribution in [0.5, 0.6) is 0 Å². The largest absolute Gasteiger partial charge is 0.338 e. The maximum Gasteiger partial charge on any atom is 0.140 e. The van der Waals surface area contributed by atoms with Crippen LogP contribution in [-0.2, 0) is 18.3 Å². The molecule has 1 aromatic heterocycles. The monoisotopic (exact) mass is 234 g/mol.